The van der Waals surface area contributed by atoms with E-state index in [1.54, 1.807) is 6.07 Å². The van der Waals surface area contributed by atoms with Gasteiger partial charge in [-0.3, -0.25) is 0 Å². The lowest BCUT2D eigenvalue weighted by atomic mass is 10.0. The van der Waals surface area contributed by atoms with Crippen LogP contribution in [0.25, 0.3) is 0 Å². The number of fused-ring (bicyclic) bond motifs is 1. The first-order valence-corrected chi connectivity index (χ1v) is 5.20. The van der Waals surface area contributed by atoms with Crippen LogP contribution in [0, 0.1) is 0 Å². The molecule has 15 heavy (non-hydrogen) atoms. The second-order valence-corrected chi connectivity index (χ2v) is 4.09. The Hall–Kier alpha value is -1.35. The van der Waals surface area contributed by atoms with E-state index in [-0.39, 0.29) is 0 Å². The number of rotatable bonds is 1. The molecule has 0 amide bonds. The first-order valence-electron chi connectivity index (χ1n) is 5.20. The van der Waals surface area contributed by atoms with Crippen molar-refractivity contribution in [3.05, 3.63) is 34.9 Å². The van der Waals surface area contributed by atoms with Gasteiger partial charge in [0.2, 0.25) is 0 Å². The van der Waals surface area contributed by atoms with E-state index < -0.39 is 5.97 Å². The molecule has 0 bridgehead atoms. The fourth-order valence-electron chi connectivity index (χ4n) is 1.97. The maximum absolute atomic E-state index is 10.8. The van der Waals surface area contributed by atoms with Gasteiger partial charge in [0.05, 0.1) is 5.56 Å². The third-order valence-electron chi connectivity index (χ3n) is 2.98. The molecule has 1 heterocycles. The summed E-state index contributed by atoms with van der Waals surface area (Å²) in [4.78, 5) is 13.1. The van der Waals surface area contributed by atoms with Gasteiger partial charge in [-0.1, -0.05) is 6.07 Å². The van der Waals surface area contributed by atoms with Crippen LogP contribution in [-0.2, 0) is 12.8 Å². The predicted octanol–water partition coefficient (Wildman–Crippen LogP) is 1.42. The molecule has 1 aliphatic heterocycles. The molecule has 1 aromatic rings. The lowest BCUT2D eigenvalue weighted by Gasteiger charge is -2.10. The van der Waals surface area contributed by atoms with Gasteiger partial charge in [0.25, 0.3) is 0 Å². The molecule has 1 aromatic carbocycles. The van der Waals surface area contributed by atoms with E-state index in [4.69, 9.17) is 5.11 Å². The van der Waals surface area contributed by atoms with Crippen molar-refractivity contribution in [3.8, 4) is 0 Å². The number of carboxylic acids is 1. The molecule has 3 heteroatoms. The Morgan fingerprint density at radius 3 is 2.60 bits per heavy atom. The van der Waals surface area contributed by atoms with E-state index >= 15 is 0 Å². The molecule has 0 spiro atoms. The molecule has 2 rings (SSSR count). The monoisotopic (exact) mass is 205 g/mol. The van der Waals surface area contributed by atoms with Crippen molar-refractivity contribution in [2.45, 2.75) is 12.8 Å². The second-order valence-electron chi connectivity index (χ2n) is 4.09. The van der Waals surface area contributed by atoms with Crippen molar-refractivity contribution in [2.75, 3.05) is 20.1 Å². The lowest BCUT2D eigenvalue weighted by Crippen LogP contribution is -2.20. The van der Waals surface area contributed by atoms with Gasteiger partial charge in [0.15, 0.2) is 0 Å². The highest BCUT2D eigenvalue weighted by Crippen LogP contribution is 2.17. The third kappa shape index (κ3) is 2.18. The van der Waals surface area contributed by atoms with Crippen LogP contribution >= 0.6 is 0 Å². The Kier molecular flexibility index (Phi) is 2.73. The van der Waals surface area contributed by atoms with Gasteiger partial charge in [-0.05, 0) is 43.1 Å². The molecule has 80 valence electrons. The fraction of sp³-hybridized carbons (Fsp3) is 0.417. The number of carbonyl (C=O) groups is 1. The Morgan fingerprint density at radius 1 is 1.27 bits per heavy atom. The highest BCUT2D eigenvalue weighted by atomic mass is 16.4. The van der Waals surface area contributed by atoms with E-state index in [1.165, 1.54) is 11.1 Å². The summed E-state index contributed by atoms with van der Waals surface area (Å²) in [6, 6.07) is 5.47. The standard InChI is InChI=1S/C12H15NO2/c1-13-6-4-9-2-3-11(12(14)15)8-10(9)5-7-13/h2-3,8H,4-7H2,1H3,(H,14,15). The molecule has 0 atom stereocenters. The van der Waals surface area contributed by atoms with Crippen LogP contribution in [0.5, 0.6) is 0 Å². The number of nitrogens with zero attached hydrogens (tertiary/aromatic N) is 1. The molecular formula is C12H15NO2. The van der Waals surface area contributed by atoms with E-state index in [0.29, 0.717) is 5.56 Å². The molecule has 0 unspecified atom stereocenters. The summed E-state index contributed by atoms with van der Waals surface area (Å²) in [6.45, 7) is 2.06. The summed E-state index contributed by atoms with van der Waals surface area (Å²) in [5, 5.41) is 8.90. The minimum Gasteiger partial charge on any atom is -0.478 e. The predicted molar refractivity (Wildman–Crippen MR) is 58.3 cm³/mol. The van der Waals surface area contributed by atoms with Gasteiger partial charge in [0, 0.05) is 13.1 Å². The Labute approximate surface area is 89.3 Å². The maximum atomic E-state index is 10.8. The number of likely N-dealkylation sites (N-methyl/N-ethyl adjacent to an activating group) is 1. The maximum Gasteiger partial charge on any atom is 0.335 e. The van der Waals surface area contributed by atoms with E-state index in [1.807, 2.05) is 12.1 Å². The van der Waals surface area contributed by atoms with Gasteiger partial charge >= 0.3 is 5.97 Å². The molecule has 0 aromatic heterocycles. The molecular weight excluding hydrogens is 190 g/mol. The van der Waals surface area contributed by atoms with E-state index in [9.17, 15) is 4.79 Å². The number of carboxylic acid groups (broad SMARTS) is 1. The highest BCUT2D eigenvalue weighted by Gasteiger charge is 2.13. The Bertz CT molecular complexity index is 387. The molecule has 3 nitrogen and oxygen atoms in total. The van der Waals surface area contributed by atoms with Crippen LogP contribution in [0.1, 0.15) is 21.5 Å². The Balaban J connectivity index is 2.32. The van der Waals surface area contributed by atoms with Crippen LogP contribution in [0.4, 0.5) is 0 Å². The molecule has 0 aliphatic carbocycles. The van der Waals surface area contributed by atoms with Gasteiger partial charge in [-0.15, -0.1) is 0 Å². The summed E-state index contributed by atoms with van der Waals surface area (Å²) >= 11 is 0. The first kappa shape index (κ1) is 10.2. The Morgan fingerprint density at radius 2 is 1.93 bits per heavy atom. The van der Waals surface area contributed by atoms with Crippen molar-refractivity contribution < 1.29 is 9.90 Å². The molecule has 1 N–H and O–H groups in total. The summed E-state index contributed by atoms with van der Waals surface area (Å²) in [7, 11) is 2.10. The smallest absolute Gasteiger partial charge is 0.335 e. The van der Waals surface area contributed by atoms with Gasteiger partial charge in [-0.2, -0.15) is 0 Å². The topological polar surface area (TPSA) is 40.5 Å². The molecule has 0 saturated carbocycles. The van der Waals surface area contributed by atoms with E-state index in [2.05, 4.69) is 11.9 Å². The van der Waals surface area contributed by atoms with Crippen molar-refractivity contribution in [1.82, 2.24) is 4.90 Å². The summed E-state index contributed by atoms with van der Waals surface area (Å²) < 4.78 is 0. The van der Waals surface area contributed by atoms with Crippen LogP contribution in [0.3, 0.4) is 0 Å². The van der Waals surface area contributed by atoms with Crippen molar-refractivity contribution in [3.63, 3.8) is 0 Å². The van der Waals surface area contributed by atoms with Crippen molar-refractivity contribution in [1.29, 1.82) is 0 Å². The first-order chi connectivity index (χ1) is 7.16. The van der Waals surface area contributed by atoms with Crippen LogP contribution < -0.4 is 0 Å². The van der Waals surface area contributed by atoms with Crippen LogP contribution in [0.15, 0.2) is 18.2 Å². The van der Waals surface area contributed by atoms with Gasteiger partial charge in [-0.25, -0.2) is 4.79 Å². The fourth-order valence-corrected chi connectivity index (χ4v) is 1.97. The number of hydrogen-bond acceptors (Lipinski definition) is 2. The number of aromatic carboxylic acids is 1. The van der Waals surface area contributed by atoms with Crippen LogP contribution in [0.2, 0.25) is 0 Å². The zero-order valence-corrected chi connectivity index (χ0v) is 8.86. The average Bonchev–Trinajstić information content (AvgIpc) is 2.40. The largest absolute Gasteiger partial charge is 0.478 e. The summed E-state index contributed by atoms with van der Waals surface area (Å²) in [5.74, 6) is -0.838. The van der Waals surface area contributed by atoms with Gasteiger partial charge < -0.3 is 10.0 Å². The van der Waals surface area contributed by atoms with Gasteiger partial charge in [0.1, 0.15) is 0 Å². The van der Waals surface area contributed by atoms with Crippen molar-refractivity contribution >= 4 is 5.97 Å². The number of benzene rings is 1. The number of hydrogen-bond donors (Lipinski definition) is 1. The molecule has 0 radical (unpaired) electrons. The quantitative estimate of drug-likeness (QED) is 0.753. The zero-order valence-electron chi connectivity index (χ0n) is 8.86. The minimum atomic E-state index is -0.838. The zero-order chi connectivity index (χ0) is 10.8. The highest BCUT2D eigenvalue weighted by molar-refractivity contribution is 5.87. The molecule has 1 aliphatic rings. The average molecular weight is 205 g/mol. The van der Waals surface area contributed by atoms with Crippen molar-refractivity contribution in [2.24, 2.45) is 0 Å². The third-order valence-corrected chi connectivity index (χ3v) is 2.98. The minimum absolute atomic E-state index is 0.401. The summed E-state index contributed by atoms with van der Waals surface area (Å²) in [5.41, 5.74) is 2.89. The van der Waals surface area contributed by atoms with Crippen LogP contribution in [-0.4, -0.2) is 36.1 Å². The lowest BCUT2D eigenvalue weighted by molar-refractivity contribution is 0.0697. The molecule has 0 fully saturated rings. The second kappa shape index (κ2) is 4.03. The normalized spacial score (nSPS) is 16.9. The molecule has 0 saturated heterocycles. The summed E-state index contributed by atoms with van der Waals surface area (Å²) in [6.07, 6.45) is 1.97. The van der Waals surface area contributed by atoms with E-state index in [0.717, 1.165) is 25.9 Å². The SMILES string of the molecule is CN1CCc2ccc(C(=O)O)cc2CC1.